The van der Waals surface area contributed by atoms with Crippen LogP contribution in [0.2, 0.25) is 5.02 Å². The van der Waals surface area contributed by atoms with Crippen molar-refractivity contribution in [3.05, 3.63) is 71.1 Å². The van der Waals surface area contributed by atoms with E-state index in [1.807, 2.05) is 68.4 Å². The Bertz CT molecular complexity index is 940. The molecule has 0 atom stereocenters. The largest absolute Gasteiger partial charge is 0.378 e. The number of nitrogens with one attached hydrogen (secondary N) is 2. The predicted octanol–water partition coefficient (Wildman–Crippen LogP) is 4.50. The first-order chi connectivity index (χ1) is 12.9. The van der Waals surface area contributed by atoms with Crippen LogP contribution in [-0.4, -0.2) is 30.0 Å². The van der Waals surface area contributed by atoms with Gasteiger partial charge in [-0.1, -0.05) is 17.7 Å². The second-order valence-electron chi connectivity index (χ2n) is 6.27. The monoisotopic (exact) mass is 381 g/mol. The molecule has 0 fully saturated rings. The van der Waals surface area contributed by atoms with Gasteiger partial charge in [0.05, 0.1) is 12.4 Å². The van der Waals surface area contributed by atoms with Crippen molar-refractivity contribution in [2.75, 3.05) is 29.6 Å². The summed E-state index contributed by atoms with van der Waals surface area (Å²) >= 11 is 6.02. The minimum absolute atomic E-state index is 0.236. The first-order valence-corrected chi connectivity index (χ1v) is 8.74. The highest BCUT2D eigenvalue weighted by Crippen LogP contribution is 2.23. The molecular weight excluding hydrogens is 362 g/mol. The van der Waals surface area contributed by atoms with Crippen molar-refractivity contribution in [1.29, 1.82) is 0 Å². The van der Waals surface area contributed by atoms with Crippen LogP contribution in [0.3, 0.4) is 0 Å². The lowest BCUT2D eigenvalue weighted by molar-refractivity contribution is 0.102. The number of aryl methyl sites for hydroxylation is 1. The summed E-state index contributed by atoms with van der Waals surface area (Å²) in [4.78, 5) is 22.8. The molecule has 0 unspecified atom stereocenters. The molecule has 0 aliphatic heterocycles. The quantitative estimate of drug-likeness (QED) is 0.680. The first-order valence-electron chi connectivity index (χ1n) is 8.36. The Kier molecular flexibility index (Phi) is 5.57. The van der Waals surface area contributed by atoms with Gasteiger partial charge < -0.3 is 15.5 Å². The molecule has 1 heterocycles. The molecule has 7 heteroatoms. The first kappa shape index (κ1) is 18.7. The molecule has 6 nitrogen and oxygen atoms in total. The highest BCUT2D eigenvalue weighted by molar-refractivity contribution is 6.30. The molecule has 138 valence electrons. The highest BCUT2D eigenvalue weighted by atomic mass is 35.5. The number of benzene rings is 2. The maximum Gasteiger partial charge on any atom is 0.275 e. The number of anilines is 4. The van der Waals surface area contributed by atoms with Crippen molar-refractivity contribution in [2.24, 2.45) is 0 Å². The molecule has 1 aromatic heterocycles. The molecule has 0 aliphatic rings. The number of halogens is 1. The van der Waals surface area contributed by atoms with Gasteiger partial charge in [-0.15, -0.1) is 0 Å². The van der Waals surface area contributed by atoms with Gasteiger partial charge in [-0.05, 0) is 48.9 Å². The fourth-order valence-corrected chi connectivity index (χ4v) is 2.59. The van der Waals surface area contributed by atoms with Crippen molar-refractivity contribution in [2.45, 2.75) is 6.92 Å². The van der Waals surface area contributed by atoms with Crippen molar-refractivity contribution < 1.29 is 4.79 Å². The number of nitrogens with zero attached hydrogens (tertiary/aromatic N) is 3. The maximum atomic E-state index is 12.3. The van der Waals surface area contributed by atoms with Crippen LogP contribution in [0, 0.1) is 6.92 Å². The molecule has 0 saturated carbocycles. The number of amides is 1. The van der Waals surface area contributed by atoms with E-state index >= 15 is 0 Å². The summed E-state index contributed by atoms with van der Waals surface area (Å²) in [5, 5.41) is 6.60. The minimum Gasteiger partial charge on any atom is -0.378 e. The van der Waals surface area contributed by atoms with E-state index < -0.39 is 0 Å². The third-order valence-electron chi connectivity index (χ3n) is 3.99. The highest BCUT2D eigenvalue weighted by Gasteiger charge is 2.09. The molecule has 0 spiro atoms. The van der Waals surface area contributed by atoms with Crippen molar-refractivity contribution in [3.8, 4) is 0 Å². The van der Waals surface area contributed by atoms with Crippen LogP contribution in [0.1, 0.15) is 16.1 Å². The predicted molar refractivity (Wildman–Crippen MR) is 110 cm³/mol. The molecule has 27 heavy (non-hydrogen) atoms. The zero-order valence-electron chi connectivity index (χ0n) is 15.3. The number of hydrogen-bond donors (Lipinski definition) is 2. The van der Waals surface area contributed by atoms with E-state index in [0.29, 0.717) is 16.5 Å². The Labute approximate surface area is 163 Å². The Balaban J connectivity index is 1.67. The molecule has 0 bridgehead atoms. The van der Waals surface area contributed by atoms with E-state index in [9.17, 15) is 4.79 Å². The summed E-state index contributed by atoms with van der Waals surface area (Å²) in [6.45, 7) is 1.97. The molecule has 3 aromatic rings. The van der Waals surface area contributed by atoms with Crippen LogP contribution < -0.4 is 15.5 Å². The fourth-order valence-electron chi connectivity index (χ4n) is 2.41. The molecular formula is C20H20ClN5O. The third kappa shape index (κ3) is 4.74. The van der Waals surface area contributed by atoms with Crippen molar-refractivity contribution >= 4 is 40.4 Å². The van der Waals surface area contributed by atoms with E-state index in [-0.39, 0.29) is 11.6 Å². The average Bonchev–Trinajstić information content (AvgIpc) is 2.65. The Hall–Kier alpha value is -3.12. The van der Waals surface area contributed by atoms with E-state index in [0.717, 1.165) is 16.9 Å². The molecule has 0 aliphatic carbocycles. The second kappa shape index (κ2) is 8.05. The summed E-state index contributed by atoms with van der Waals surface area (Å²) in [5.41, 5.74) is 3.86. The van der Waals surface area contributed by atoms with Gasteiger partial charge >= 0.3 is 0 Å². The molecule has 2 aromatic carbocycles. The zero-order chi connectivity index (χ0) is 19.4. The maximum absolute atomic E-state index is 12.3. The fraction of sp³-hybridized carbons (Fsp3) is 0.150. The van der Waals surface area contributed by atoms with E-state index in [4.69, 9.17) is 11.6 Å². The summed E-state index contributed by atoms with van der Waals surface area (Å²) < 4.78 is 0. The van der Waals surface area contributed by atoms with Gasteiger partial charge in [0.1, 0.15) is 11.5 Å². The van der Waals surface area contributed by atoms with Gasteiger partial charge in [0.15, 0.2) is 0 Å². The minimum atomic E-state index is -0.314. The van der Waals surface area contributed by atoms with Crippen LogP contribution in [0.5, 0.6) is 0 Å². The van der Waals surface area contributed by atoms with Gasteiger partial charge in [-0.25, -0.2) is 9.97 Å². The molecule has 1 amide bonds. The number of hydrogen-bond acceptors (Lipinski definition) is 5. The lowest BCUT2D eigenvalue weighted by atomic mass is 10.2. The number of aromatic nitrogens is 2. The van der Waals surface area contributed by atoms with Crippen LogP contribution in [0.15, 0.2) is 54.9 Å². The molecule has 3 rings (SSSR count). The van der Waals surface area contributed by atoms with Gasteiger partial charge in [-0.3, -0.25) is 4.79 Å². The van der Waals surface area contributed by atoms with E-state index in [1.54, 1.807) is 0 Å². The Morgan fingerprint density at radius 2 is 1.78 bits per heavy atom. The molecule has 2 N–H and O–H groups in total. The normalized spacial score (nSPS) is 10.4. The lowest BCUT2D eigenvalue weighted by Crippen LogP contribution is -2.14. The standard InChI is InChI=1S/C20H20ClN5O/c1-13-4-5-14(21)10-17(13)25-19-12-22-18(11-23-19)20(27)24-15-6-8-16(9-7-15)26(2)3/h4-12H,1-3H3,(H,23,25)(H,24,27). The number of rotatable bonds is 5. The van der Waals surface area contributed by atoms with Crippen molar-refractivity contribution in [3.63, 3.8) is 0 Å². The third-order valence-corrected chi connectivity index (χ3v) is 4.22. The Morgan fingerprint density at radius 1 is 1.04 bits per heavy atom. The van der Waals surface area contributed by atoms with Crippen LogP contribution in [0.4, 0.5) is 22.9 Å². The van der Waals surface area contributed by atoms with Crippen LogP contribution >= 0.6 is 11.6 Å². The number of carbonyl (C=O) groups excluding carboxylic acids is 1. The van der Waals surface area contributed by atoms with E-state index in [2.05, 4.69) is 20.6 Å². The van der Waals surface area contributed by atoms with Crippen molar-refractivity contribution in [1.82, 2.24) is 9.97 Å². The van der Waals surface area contributed by atoms with Crippen LogP contribution in [0.25, 0.3) is 0 Å². The summed E-state index contributed by atoms with van der Waals surface area (Å²) in [5.74, 6) is 0.220. The van der Waals surface area contributed by atoms with Gasteiger partial charge in [0.2, 0.25) is 0 Å². The topological polar surface area (TPSA) is 70.2 Å². The van der Waals surface area contributed by atoms with Gasteiger partial charge in [0.25, 0.3) is 5.91 Å². The van der Waals surface area contributed by atoms with Gasteiger partial charge in [-0.2, -0.15) is 0 Å². The van der Waals surface area contributed by atoms with Gasteiger partial charge in [0, 0.05) is 36.2 Å². The average molecular weight is 382 g/mol. The summed E-state index contributed by atoms with van der Waals surface area (Å²) in [6, 6.07) is 13.1. The van der Waals surface area contributed by atoms with E-state index in [1.165, 1.54) is 12.4 Å². The summed E-state index contributed by atoms with van der Waals surface area (Å²) in [7, 11) is 3.92. The smallest absolute Gasteiger partial charge is 0.275 e. The number of carbonyl (C=O) groups is 1. The molecule has 0 saturated heterocycles. The lowest BCUT2D eigenvalue weighted by Gasteiger charge is -2.13. The summed E-state index contributed by atoms with van der Waals surface area (Å²) in [6.07, 6.45) is 2.95. The van der Waals surface area contributed by atoms with Crippen LogP contribution in [-0.2, 0) is 0 Å². The molecule has 0 radical (unpaired) electrons. The second-order valence-corrected chi connectivity index (χ2v) is 6.70. The Morgan fingerprint density at radius 3 is 2.41 bits per heavy atom. The SMILES string of the molecule is Cc1ccc(Cl)cc1Nc1cnc(C(=O)Nc2ccc(N(C)C)cc2)cn1. The zero-order valence-corrected chi connectivity index (χ0v) is 16.1.